The van der Waals surface area contributed by atoms with Gasteiger partial charge in [-0.25, -0.2) is 0 Å². The number of benzene rings is 4. The van der Waals surface area contributed by atoms with Crippen molar-refractivity contribution in [2.45, 2.75) is 24.4 Å². The lowest BCUT2D eigenvalue weighted by Crippen LogP contribution is -2.41. The molecule has 6 heteroatoms. The van der Waals surface area contributed by atoms with Crippen LogP contribution in [0, 0.1) is 0 Å². The van der Waals surface area contributed by atoms with E-state index in [0.29, 0.717) is 11.1 Å². The summed E-state index contributed by atoms with van der Waals surface area (Å²) in [6.07, 6.45) is -4.02. The highest BCUT2D eigenvalue weighted by Gasteiger charge is 2.41. The summed E-state index contributed by atoms with van der Waals surface area (Å²) < 4.78 is 0. The van der Waals surface area contributed by atoms with E-state index in [9.17, 15) is 15.3 Å². The van der Waals surface area contributed by atoms with Gasteiger partial charge in [0.15, 0.2) is 0 Å². The molecule has 0 fully saturated rings. The van der Waals surface area contributed by atoms with Gasteiger partial charge in [-0.3, -0.25) is 0 Å². The smallest absolute Gasteiger partial charge is 0.111 e. The molecule has 4 atom stereocenters. The van der Waals surface area contributed by atoms with Gasteiger partial charge in [0.05, 0.1) is 12.1 Å². The van der Waals surface area contributed by atoms with Gasteiger partial charge in [-0.1, -0.05) is 47.6 Å². The highest BCUT2D eigenvalue weighted by Crippen LogP contribution is 2.46. The standard InChI is InChI=1S/C20H15N3O3/c21-23-22-17-16-12-7-6-10-3-1-2-9-4-5-11(15(12)14(9)10)8-13(16)18(24)20(26)19(17)25/h1-8,17-20,24-26H/t17-,18-,19+,20+/m0/s1. The molecule has 0 saturated heterocycles. The first kappa shape index (κ1) is 15.4. The van der Waals surface area contributed by atoms with Crippen molar-refractivity contribution >= 4 is 32.3 Å². The second-order valence-electron chi connectivity index (χ2n) is 6.81. The average Bonchev–Trinajstić information content (AvgIpc) is 2.67. The summed E-state index contributed by atoms with van der Waals surface area (Å²) >= 11 is 0. The van der Waals surface area contributed by atoms with E-state index in [0.717, 1.165) is 32.3 Å². The molecule has 0 spiro atoms. The van der Waals surface area contributed by atoms with Crippen molar-refractivity contribution in [2.75, 3.05) is 0 Å². The molecule has 4 aromatic carbocycles. The quantitative estimate of drug-likeness (QED) is 0.212. The first-order chi connectivity index (χ1) is 12.6. The summed E-state index contributed by atoms with van der Waals surface area (Å²) in [5.41, 5.74) is 10.0. The van der Waals surface area contributed by atoms with Gasteiger partial charge in [-0.2, -0.15) is 0 Å². The number of nitrogens with zero attached hydrogens (tertiary/aromatic N) is 3. The largest absolute Gasteiger partial charge is 0.390 e. The molecule has 0 heterocycles. The molecule has 6 nitrogen and oxygen atoms in total. The molecule has 1 aliphatic rings. The maximum absolute atomic E-state index is 10.5. The van der Waals surface area contributed by atoms with E-state index in [1.807, 2.05) is 48.5 Å². The van der Waals surface area contributed by atoms with E-state index in [2.05, 4.69) is 10.0 Å². The van der Waals surface area contributed by atoms with Gasteiger partial charge >= 0.3 is 0 Å². The van der Waals surface area contributed by atoms with Crippen molar-refractivity contribution in [2.24, 2.45) is 5.11 Å². The lowest BCUT2D eigenvalue weighted by Gasteiger charge is -2.36. The zero-order chi connectivity index (χ0) is 18.0. The second kappa shape index (κ2) is 5.30. The van der Waals surface area contributed by atoms with E-state index >= 15 is 0 Å². The van der Waals surface area contributed by atoms with Crippen LogP contribution in [-0.2, 0) is 0 Å². The third-order valence-electron chi connectivity index (χ3n) is 5.51. The fraction of sp³-hybridized carbons (Fsp3) is 0.200. The molecule has 4 aromatic rings. The molecule has 0 radical (unpaired) electrons. The van der Waals surface area contributed by atoms with Crippen LogP contribution in [0.25, 0.3) is 42.8 Å². The zero-order valence-electron chi connectivity index (χ0n) is 13.6. The minimum atomic E-state index is -1.41. The molecule has 26 heavy (non-hydrogen) atoms. The van der Waals surface area contributed by atoms with E-state index < -0.39 is 24.4 Å². The molecule has 128 valence electrons. The summed E-state index contributed by atoms with van der Waals surface area (Å²) in [6, 6.07) is 14.9. The van der Waals surface area contributed by atoms with E-state index in [1.165, 1.54) is 0 Å². The van der Waals surface area contributed by atoms with Crippen LogP contribution in [0.4, 0.5) is 0 Å². The van der Waals surface area contributed by atoms with Crippen LogP contribution in [0.3, 0.4) is 0 Å². The maximum atomic E-state index is 10.5. The Morgan fingerprint density at radius 3 is 2.27 bits per heavy atom. The summed E-state index contributed by atoms with van der Waals surface area (Å²) in [5, 5.41) is 40.9. The van der Waals surface area contributed by atoms with E-state index in [4.69, 9.17) is 5.53 Å². The highest BCUT2D eigenvalue weighted by molar-refractivity contribution is 6.23. The maximum Gasteiger partial charge on any atom is 0.111 e. The van der Waals surface area contributed by atoms with Crippen molar-refractivity contribution in [3.05, 3.63) is 70.1 Å². The Labute approximate surface area is 147 Å². The molecule has 0 bridgehead atoms. The first-order valence-electron chi connectivity index (χ1n) is 8.40. The number of aliphatic hydroxyl groups is 3. The number of hydrogen-bond acceptors (Lipinski definition) is 4. The van der Waals surface area contributed by atoms with Crippen LogP contribution in [0.2, 0.25) is 0 Å². The molecule has 3 N–H and O–H groups in total. The van der Waals surface area contributed by atoms with E-state index in [-0.39, 0.29) is 0 Å². The first-order valence-corrected chi connectivity index (χ1v) is 8.40. The van der Waals surface area contributed by atoms with Gasteiger partial charge in [0, 0.05) is 4.91 Å². The highest BCUT2D eigenvalue weighted by atomic mass is 16.4. The predicted octanol–water partition coefficient (Wildman–Crippen LogP) is 3.70. The third kappa shape index (κ3) is 1.84. The van der Waals surface area contributed by atoms with Gasteiger partial charge in [0.25, 0.3) is 0 Å². The Morgan fingerprint density at radius 1 is 0.846 bits per heavy atom. The fourth-order valence-corrected chi connectivity index (χ4v) is 4.34. The van der Waals surface area contributed by atoms with Gasteiger partial charge < -0.3 is 15.3 Å². The van der Waals surface area contributed by atoms with Crippen molar-refractivity contribution in [3.63, 3.8) is 0 Å². The van der Waals surface area contributed by atoms with Crippen LogP contribution in [0.15, 0.2) is 53.6 Å². The van der Waals surface area contributed by atoms with Crippen LogP contribution in [-0.4, -0.2) is 27.5 Å². The van der Waals surface area contributed by atoms with Gasteiger partial charge in [0.1, 0.15) is 12.2 Å². The molecular weight excluding hydrogens is 330 g/mol. The molecule has 1 aliphatic carbocycles. The SMILES string of the molecule is [N-]=[N+]=N[C@H]1c2c(cc3ccc4cccc5ccc2c3c45)[C@H](O)[C@@H](O)[C@@H]1O. The lowest BCUT2D eigenvalue weighted by molar-refractivity contribution is -0.0792. The summed E-state index contributed by atoms with van der Waals surface area (Å²) in [4.78, 5) is 2.85. The number of azide groups is 1. The molecule has 0 unspecified atom stereocenters. The topological polar surface area (TPSA) is 109 Å². The fourth-order valence-electron chi connectivity index (χ4n) is 4.34. The van der Waals surface area contributed by atoms with Crippen LogP contribution in [0.5, 0.6) is 0 Å². The Bertz CT molecular complexity index is 1200. The van der Waals surface area contributed by atoms with Gasteiger partial charge in [-0.15, -0.1) is 0 Å². The summed E-state index contributed by atoms with van der Waals surface area (Å²) in [6.45, 7) is 0. The van der Waals surface area contributed by atoms with Gasteiger partial charge in [0.2, 0.25) is 0 Å². The number of aliphatic hydroxyl groups excluding tert-OH is 3. The van der Waals surface area contributed by atoms with Crippen molar-refractivity contribution < 1.29 is 15.3 Å². The summed E-state index contributed by atoms with van der Waals surface area (Å²) in [5.74, 6) is 0. The van der Waals surface area contributed by atoms with Crippen molar-refractivity contribution in [1.29, 1.82) is 0 Å². The molecule has 0 aromatic heterocycles. The van der Waals surface area contributed by atoms with Crippen LogP contribution >= 0.6 is 0 Å². The Morgan fingerprint density at radius 2 is 1.54 bits per heavy atom. The molecule has 5 rings (SSSR count). The number of rotatable bonds is 1. The minimum absolute atomic E-state index is 0.492. The normalized spacial score (nSPS) is 25.5. The predicted molar refractivity (Wildman–Crippen MR) is 99.0 cm³/mol. The second-order valence-corrected chi connectivity index (χ2v) is 6.81. The van der Waals surface area contributed by atoms with Crippen LogP contribution in [0.1, 0.15) is 23.3 Å². The number of fused-ring (bicyclic) bond motifs is 2. The summed E-state index contributed by atoms with van der Waals surface area (Å²) in [7, 11) is 0. The molecule has 0 saturated carbocycles. The molecule has 0 aliphatic heterocycles. The van der Waals surface area contributed by atoms with Crippen molar-refractivity contribution in [1.82, 2.24) is 0 Å². The molecular formula is C20H15N3O3. The Balaban J connectivity index is 2.00. The average molecular weight is 345 g/mol. The van der Waals surface area contributed by atoms with Crippen LogP contribution < -0.4 is 0 Å². The van der Waals surface area contributed by atoms with Gasteiger partial charge in [-0.05, 0) is 55.0 Å². The Kier molecular flexibility index (Phi) is 3.13. The number of hydrogen-bond donors (Lipinski definition) is 3. The third-order valence-corrected chi connectivity index (χ3v) is 5.51. The lowest BCUT2D eigenvalue weighted by atomic mass is 9.77. The Hall–Kier alpha value is -2.89. The monoisotopic (exact) mass is 345 g/mol. The van der Waals surface area contributed by atoms with E-state index in [1.54, 1.807) is 0 Å². The zero-order valence-corrected chi connectivity index (χ0v) is 13.6. The van der Waals surface area contributed by atoms with Crippen molar-refractivity contribution in [3.8, 4) is 0 Å². The molecule has 0 amide bonds. The minimum Gasteiger partial charge on any atom is -0.390 e.